The highest BCUT2D eigenvalue weighted by molar-refractivity contribution is 6.06. The van der Waals surface area contributed by atoms with Crippen molar-refractivity contribution >= 4 is 39.0 Å². The lowest BCUT2D eigenvalue weighted by molar-refractivity contribution is 0.661. The molecular formula is C57H41NO. The van der Waals surface area contributed by atoms with Gasteiger partial charge in [0, 0.05) is 33.2 Å². The average molecular weight is 756 g/mol. The first-order valence-corrected chi connectivity index (χ1v) is 20.4. The van der Waals surface area contributed by atoms with E-state index in [4.69, 9.17) is 4.42 Å². The van der Waals surface area contributed by atoms with Gasteiger partial charge in [-0.1, -0.05) is 159 Å². The van der Waals surface area contributed by atoms with Crippen molar-refractivity contribution in [3.63, 3.8) is 0 Å². The Morgan fingerprint density at radius 3 is 1.29 bits per heavy atom. The van der Waals surface area contributed by atoms with Gasteiger partial charge in [0.1, 0.15) is 11.2 Å². The largest absolute Gasteiger partial charge is 0.456 e. The van der Waals surface area contributed by atoms with Crippen molar-refractivity contribution in [2.24, 2.45) is 0 Å². The van der Waals surface area contributed by atoms with E-state index in [1.54, 1.807) is 0 Å². The van der Waals surface area contributed by atoms with E-state index in [0.717, 1.165) is 39.0 Å². The van der Waals surface area contributed by atoms with Gasteiger partial charge in [-0.3, -0.25) is 0 Å². The van der Waals surface area contributed by atoms with Gasteiger partial charge in [0.15, 0.2) is 0 Å². The lowest BCUT2D eigenvalue weighted by atomic mass is 9.81. The molecule has 0 N–H and O–H groups in total. The van der Waals surface area contributed by atoms with Crippen LogP contribution in [0.1, 0.15) is 25.0 Å². The molecule has 2 nitrogen and oxygen atoms in total. The van der Waals surface area contributed by atoms with Crippen LogP contribution in [0.15, 0.2) is 217 Å². The molecule has 0 fully saturated rings. The monoisotopic (exact) mass is 755 g/mol. The molecule has 0 spiro atoms. The second kappa shape index (κ2) is 13.9. The van der Waals surface area contributed by atoms with E-state index in [1.807, 2.05) is 12.1 Å². The van der Waals surface area contributed by atoms with Gasteiger partial charge in [0.25, 0.3) is 0 Å². The molecule has 280 valence electrons. The summed E-state index contributed by atoms with van der Waals surface area (Å²) in [4.78, 5) is 2.33. The summed E-state index contributed by atoms with van der Waals surface area (Å²) >= 11 is 0. The summed E-state index contributed by atoms with van der Waals surface area (Å²) in [6, 6.07) is 76.8. The van der Waals surface area contributed by atoms with Gasteiger partial charge in [-0.15, -0.1) is 0 Å². The third-order valence-electron chi connectivity index (χ3n) is 12.3. The quantitative estimate of drug-likeness (QED) is 0.161. The third-order valence-corrected chi connectivity index (χ3v) is 12.3. The van der Waals surface area contributed by atoms with Gasteiger partial charge in [-0.25, -0.2) is 0 Å². The van der Waals surface area contributed by atoms with E-state index in [1.165, 1.54) is 66.8 Å². The number of benzene rings is 9. The maximum absolute atomic E-state index is 6.06. The summed E-state index contributed by atoms with van der Waals surface area (Å²) in [5, 5.41) is 2.29. The molecule has 1 aliphatic carbocycles. The van der Waals surface area contributed by atoms with E-state index in [-0.39, 0.29) is 5.41 Å². The predicted octanol–water partition coefficient (Wildman–Crippen LogP) is 16.0. The zero-order valence-electron chi connectivity index (χ0n) is 33.1. The topological polar surface area (TPSA) is 16.4 Å². The minimum Gasteiger partial charge on any atom is -0.456 e. The molecule has 0 saturated carbocycles. The van der Waals surface area contributed by atoms with Crippen molar-refractivity contribution in [3.05, 3.63) is 223 Å². The normalized spacial score (nSPS) is 12.7. The SMILES string of the molecule is CC1(C)c2cc(-c3ccccc3)ccc2-c2ccc(-c3ccc(N(c4ccccc4)c4ccc(-c5ccc(-c6ccc7oc8ccccc8c7c6)cc5)cc4)cc3)cc21. The van der Waals surface area contributed by atoms with Crippen LogP contribution in [-0.2, 0) is 5.41 Å². The van der Waals surface area contributed by atoms with Crippen LogP contribution in [0.25, 0.3) is 77.6 Å². The summed E-state index contributed by atoms with van der Waals surface area (Å²) in [5.74, 6) is 0. The molecule has 1 aliphatic rings. The number of rotatable bonds is 7. The molecule has 0 bridgehead atoms. The Balaban J connectivity index is 0.864. The minimum absolute atomic E-state index is 0.102. The zero-order valence-corrected chi connectivity index (χ0v) is 33.1. The Hall–Kier alpha value is -7.42. The third kappa shape index (κ3) is 6.04. The minimum atomic E-state index is -0.102. The van der Waals surface area contributed by atoms with Crippen LogP contribution >= 0.6 is 0 Å². The van der Waals surface area contributed by atoms with Gasteiger partial charge in [0.05, 0.1) is 0 Å². The molecule has 11 rings (SSSR count). The van der Waals surface area contributed by atoms with Crippen LogP contribution < -0.4 is 4.90 Å². The number of hydrogen-bond acceptors (Lipinski definition) is 2. The Kier molecular flexibility index (Phi) is 8.20. The molecular weight excluding hydrogens is 715 g/mol. The van der Waals surface area contributed by atoms with Gasteiger partial charge >= 0.3 is 0 Å². The first kappa shape index (κ1) is 34.8. The fourth-order valence-corrected chi connectivity index (χ4v) is 9.12. The number of para-hydroxylation sites is 2. The predicted molar refractivity (Wildman–Crippen MR) is 248 cm³/mol. The summed E-state index contributed by atoms with van der Waals surface area (Å²) in [5.41, 5.74) is 20.2. The Labute approximate surface area is 345 Å². The van der Waals surface area contributed by atoms with Gasteiger partial charge in [0.2, 0.25) is 0 Å². The second-order valence-electron chi connectivity index (χ2n) is 16.2. The molecule has 0 atom stereocenters. The molecule has 1 heterocycles. The van der Waals surface area contributed by atoms with Gasteiger partial charge < -0.3 is 9.32 Å². The average Bonchev–Trinajstić information content (AvgIpc) is 3.78. The molecule has 0 aliphatic heterocycles. The van der Waals surface area contributed by atoms with E-state index in [2.05, 4.69) is 219 Å². The zero-order chi connectivity index (χ0) is 39.5. The van der Waals surface area contributed by atoms with E-state index in [9.17, 15) is 0 Å². The Bertz CT molecular complexity index is 3140. The van der Waals surface area contributed by atoms with Crippen LogP contribution in [0.5, 0.6) is 0 Å². The number of furan rings is 1. The Morgan fingerprint density at radius 1 is 0.322 bits per heavy atom. The van der Waals surface area contributed by atoms with E-state index < -0.39 is 0 Å². The maximum atomic E-state index is 6.06. The number of nitrogens with zero attached hydrogens (tertiary/aromatic N) is 1. The molecule has 0 saturated heterocycles. The number of fused-ring (bicyclic) bond motifs is 6. The standard InChI is InChI=1S/C57H41NO/c1-57(2)53-36-44(38-11-5-3-6-12-38)25-32-49(53)50-33-26-45(37-54(50)57)42-23-30-48(31-24-42)58(46-13-7-4-8-14-46)47-28-21-40(22-29-47)39-17-19-41(20-18-39)43-27-34-56-52(35-43)51-15-9-10-16-55(51)59-56/h3-37H,1-2H3. The summed E-state index contributed by atoms with van der Waals surface area (Å²) < 4.78 is 6.06. The molecule has 59 heavy (non-hydrogen) atoms. The van der Waals surface area contributed by atoms with Crippen molar-refractivity contribution in [1.29, 1.82) is 0 Å². The van der Waals surface area contributed by atoms with Crippen LogP contribution in [0, 0.1) is 0 Å². The van der Waals surface area contributed by atoms with Crippen molar-refractivity contribution in [2.75, 3.05) is 4.90 Å². The van der Waals surface area contributed by atoms with Crippen LogP contribution in [0.2, 0.25) is 0 Å². The summed E-state index contributed by atoms with van der Waals surface area (Å²) in [6.45, 7) is 4.73. The first-order valence-electron chi connectivity index (χ1n) is 20.4. The van der Waals surface area contributed by atoms with E-state index >= 15 is 0 Å². The van der Waals surface area contributed by atoms with Gasteiger partial charge in [-0.2, -0.15) is 0 Å². The van der Waals surface area contributed by atoms with Crippen LogP contribution in [-0.4, -0.2) is 0 Å². The van der Waals surface area contributed by atoms with Crippen molar-refractivity contribution < 1.29 is 4.42 Å². The molecule has 2 heteroatoms. The van der Waals surface area contributed by atoms with E-state index in [0.29, 0.717) is 0 Å². The highest BCUT2D eigenvalue weighted by Crippen LogP contribution is 2.51. The number of hydrogen-bond donors (Lipinski definition) is 0. The maximum Gasteiger partial charge on any atom is 0.135 e. The molecule has 1 aromatic heterocycles. The van der Waals surface area contributed by atoms with Crippen molar-refractivity contribution in [2.45, 2.75) is 19.3 Å². The highest BCUT2D eigenvalue weighted by Gasteiger charge is 2.36. The molecule has 0 unspecified atom stereocenters. The second-order valence-corrected chi connectivity index (χ2v) is 16.2. The molecule has 10 aromatic rings. The molecule has 0 amide bonds. The lowest BCUT2D eigenvalue weighted by Crippen LogP contribution is -2.15. The lowest BCUT2D eigenvalue weighted by Gasteiger charge is -2.26. The Morgan fingerprint density at radius 2 is 0.712 bits per heavy atom. The van der Waals surface area contributed by atoms with Crippen molar-refractivity contribution in [1.82, 2.24) is 0 Å². The fourth-order valence-electron chi connectivity index (χ4n) is 9.12. The smallest absolute Gasteiger partial charge is 0.135 e. The first-order chi connectivity index (χ1) is 29.0. The van der Waals surface area contributed by atoms with Crippen LogP contribution in [0.4, 0.5) is 17.1 Å². The summed E-state index contributed by atoms with van der Waals surface area (Å²) in [6.07, 6.45) is 0. The van der Waals surface area contributed by atoms with Crippen LogP contribution in [0.3, 0.4) is 0 Å². The number of anilines is 3. The summed E-state index contributed by atoms with van der Waals surface area (Å²) in [7, 11) is 0. The molecule has 0 radical (unpaired) electrons. The van der Waals surface area contributed by atoms with Gasteiger partial charge in [-0.05, 0) is 133 Å². The molecule has 9 aromatic carbocycles. The highest BCUT2D eigenvalue weighted by atomic mass is 16.3. The van der Waals surface area contributed by atoms with Crippen molar-refractivity contribution in [3.8, 4) is 55.6 Å². The fraction of sp³-hybridized carbons (Fsp3) is 0.0526.